The van der Waals surface area contributed by atoms with Crippen LogP contribution in [-0.2, 0) is 0 Å². The third-order valence-electron chi connectivity index (χ3n) is 2.24. The number of hydrogen-bond acceptors (Lipinski definition) is 6. The highest BCUT2D eigenvalue weighted by Crippen LogP contribution is 2.30. The third kappa shape index (κ3) is 3.38. The summed E-state index contributed by atoms with van der Waals surface area (Å²) in [6.07, 6.45) is 0. The standard InChI is InChI=1S/C12H12ClN3O3/c1-17-7-3-8(18-2)5-9(4-7)19-11-6-10(13)15-12(14)16-11/h3-6H,1-2H3,(H2,14,15,16). The van der Waals surface area contributed by atoms with Crippen LogP contribution in [0, 0.1) is 0 Å². The van der Waals surface area contributed by atoms with Gasteiger partial charge in [-0.05, 0) is 0 Å². The van der Waals surface area contributed by atoms with Crippen molar-refractivity contribution in [2.24, 2.45) is 0 Å². The molecule has 0 aliphatic rings. The van der Waals surface area contributed by atoms with Crippen molar-refractivity contribution in [3.05, 3.63) is 29.4 Å². The van der Waals surface area contributed by atoms with Crippen molar-refractivity contribution in [3.63, 3.8) is 0 Å². The van der Waals surface area contributed by atoms with Gasteiger partial charge in [-0.15, -0.1) is 0 Å². The van der Waals surface area contributed by atoms with E-state index in [4.69, 9.17) is 31.5 Å². The minimum absolute atomic E-state index is 0.0392. The fourth-order valence-electron chi connectivity index (χ4n) is 1.43. The molecular formula is C12H12ClN3O3. The minimum atomic E-state index is 0.0392. The van der Waals surface area contributed by atoms with E-state index >= 15 is 0 Å². The third-order valence-corrected chi connectivity index (χ3v) is 2.43. The molecular weight excluding hydrogens is 270 g/mol. The SMILES string of the molecule is COc1cc(OC)cc(Oc2cc(Cl)nc(N)n2)c1. The zero-order chi connectivity index (χ0) is 13.8. The second kappa shape index (κ2) is 5.62. The molecule has 2 rings (SSSR count). The van der Waals surface area contributed by atoms with Gasteiger partial charge in [-0.3, -0.25) is 0 Å². The van der Waals surface area contributed by atoms with Gasteiger partial charge in [0, 0.05) is 24.3 Å². The molecule has 19 heavy (non-hydrogen) atoms. The lowest BCUT2D eigenvalue weighted by molar-refractivity contribution is 0.385. The van der Waals surface area contributed by atoms with Gasteiger partial charge in [0.1, 0.15) is 22.4 Å². The van der Waals surface area contributed by atoms with Crippen LogP contribution in [0.2, 0.25) is 5.15 Å². The molecule has 100 valence electrons. The Hall–Kier alpha value is -2.21. The molecule has 0 unspecified atom stereocenters. The molecule has 0 atom stereocenters. The Bertz CT molecular complexity index is 550. The average Bonchev–Trinajstić information content (AvgIpc) is 2.37. The maximum atomic E-state index is 5.77. The number of aromatic nitrogens is 2. The first-order valence-corrected chi connectivity index (χ1v) is 5.69. The maximum Gasteiger partial charge on any atom is 0.225 e. The summed E-state index contributed by atoms with van der Waals surface area (Å²) in [5, 5.41) is 0.206. The Kier molecular flexibility index (Phi) is 3.91. The molecule has 2 N–H and O–H groups in total. The van der Waals surface area contributed by atoms with Crippen molar-refractivity contribution >= 4 is 17.5 Å². The predicted molar refractivity (Wildman–Crippen MR) is 71.1 cm³/mol. The Morgan fingerprint density at radius 3 is 2.05 bits per heavy atom. The topological polar surface area (TPSA) is 79.5 Å². The highest BCUT2D eigenvalue weighted by Gasteiger charge is 2.07. The lowest BCUT2D eigenvalue weighted by Gasteiger charge is -2.09. The van der Waals surface area contributed by atoms with Crippen LogP contribution in [0.15, 0.2) is 24.3 Å². The van der Waals surface area contributed by atoms with Crippen LogP contribution < -0.4 is 19.9 Å². The van der Waals surface area contributed by atoms with Gasteiger partial charge >= 0.3 is 0 Å². The van der Waals surface area contributed by atoms with Gasteiger partial charge in [-0.2, -0.15) is 4.98 Å². The van der Waals surface area contributed by atoms with Gasteiger partial charge in [0.15, 0.2) is 0 Å². The first-order valence-electron chi connectivity index (χ1n) is 5.31. The summed E-state index contributed by atoms with van der Waals surface area (Å²) in [4.78, 5) is 7.66. The van der Waals surface area contributed by atoms with Crippen LogP contribution in [0.5, 0.6) is 23.1 Å². The van der Waals surface area contributed by atoms with E-state index in [1.54, 1.807) is 32.4 Å². The molecule has 6 nitrogen and oxygen atoms in total. The Labute approximate surface area is 115 Å². The van der Waals surface area contributed by atoms with Gasteiger partial charge in [-0.25, -0.2) is 4.98 Å². The summed E-state index contributed by atoms with van der Waals surface area (Å²) < 4.78 is 15.8. The lowest BCUT2D eigenvalue weighted by Crippen LogP contribution is -1.97. The van der Waals surface area contributed by atoms with Crippen LogP contribution in [0.4, 0.5) is 5.95 Å². The van der Waals surface area contributed by atoms with E-state index in [1.807, 2.05) is 0 Å². The van der Waals surface area contributed by atoms with Gasteiger partial charge in [0.25, 0.3) is 0 Å². The van der Waals surface area contributed by atoms with Crippen molar-refractivity contribution in [1.82, 2.24) is 9.97 Å². The fraction of sp³-hybridized carbons (Fsp3) is 0.167. The number of rotatable bonds is 4. The summed E-state index contributed by atoms with van der Waals surface area (Å²) in [5.41, 5.74) is 5.49. The second-order valence-corrected chi connectivity index (χ2v) is 3.92. The monoisotopic (exact) mass is 281 g/mol. The highest BCUT2D eigenvalue weighted by molar-refractivity contribution is 6.29. The van der Waals surface area contributed by atoms with Crippen molar-refractivity contribution in [3.8, 4) is 23.1 Å². The van der Waals surface area contributed by atoms with Crippen molar-refractivity contribution < 1.29 is 14.2 Å². The maximum absolute atomic E-state index is 5.77. The normalized spacial score (nSPS) is 10.1. The van der Waals surface area contributed by atoms with Crippen LogP contribution in [0.25, 0.3) is 0 Å². The molecule has 0 aliphatic heterocycles. The van der Waals surface area contributed by atoms with Crippen LogP contribution >= 0.6 is 11.6 Å². The largest absolute Gasteiger partial charge is 0.496 e. The van der Waals surface area contributed by atoms with E-state index in [0.717, 1.165) is 0 Å². The predicted octanol–water partition coefficient (Wildman–Crippen LogP) is 2.52. The molecule has 0 aliphatic carbocycles. The van der Waals surface area contributed by atoms with Crippen LogP contribution in [0.1, 0.15) is 0 Å². The number of ether oxygens (including phenoxy) is 3. The van der Waals surface area contributed by atoms with Gasteiger partial charge in [0.05, 0.1) is 14.2 Å². The van der Waals surface area contributed by atoms with Crippen molar-refractivity contribution in [2.45, 2.75) is 0 Å². The molecule has 1 heterocycles. The number of methoxy groups -OCH3 is 2. The van der Waals surface area contributed by atoms with E-state index in [0.29, 0.717) is 17.2 Å². The molecule has 1 aromatic carbocycles. The van der Waals surface area contributed by atoms with E-state index in [-0.39, 0.29) is 17.0 Å². The van der Waals surface area contributed by atoms with E-state index < -0.39 is 0 Å². The smallest absolute Gasteiger partial charge is 0.225 e. The molecule has 0 saturated carbocycles. The van der Waals surface area contributed by atoms with Gasteiger partial charge in [-0.1, -0.05) is 11.6 Å². The quantitative estimate of drug-likeness (QED) is 0.868. The molecule has 0 saturated heterocycles. The number of nitrogens with zero attached hydrogens (tertiary/aromatic N) is 2. The first-order chi connectivity index (χ1) is 9.10. The average molecular weight is 282 g/mol. The Morgan fingerprint density at radius 1 is 0.947 bits per heavy atom. The van der Waals surface area contributed by atoms with E-state index in [2.05, 4.69) is 9.97 Å². The molecule has 0 spiro atoms. The molecule has 7 heteroatoms. The van der Waals surface area contributed by atoms with E-state index in [1.165, 1.54) is 6.07 Å². The molecule has 0 fully saturated rings. The summed E-state index contributed by atoms with van der Waals surface area (Å²) in [6.45, 7) is 0. The first kappa shape index (κ1) is 13.2. The number of benzene rings is 1. The number of nitrogen functional groups attached to an aromatic ring is 1. The van der Waals surface area contributed by atoms with Gasteiger partial charge in [0.2, 0.25) is 11.8 Å². The summed E-state index contributed by atoms with van der Waals surface area (Å²) in [7, 11) is 3.11. The summed E-state index contributed by atoms with van der Waals surface area (Å²) >= 11 is 5.77. The Morgan fingerprint density at radius 2 is 1.53 bits per heavy atom. The molecule has 0 bridgehead atoms. The van der Waals surface area contributed by atoms with E-state index in [9.17, 15) is 0 Å². The number of halogens is 1. The fourth-order valence-corrected chi connectivity index (χ4v) is 1.61. The summed E-state index contributed by atoms with van der Waals surface area (Å²) in [5.74, 6) is 1.97. The van der Waals surface area contributed by atoms with Crippen molar-refractivity contribution in [1.29, 1.82) is 0 Å². The number of anilines is 1. The molecule has 0 radical (unpaired) electrons. The molecule has 2 aromatic rings. The molecule has 1 aromatic heterocycles. The zero-order valence-corrected chi connectivity index (χ0v) is 11.1. The zero-order valence-electron chi connectivity index (χ0n) is 10.4. The van der Waals surface area contributed by atoms with Gasteiger partial charge < -0.3 is 19.9 Å². The second-order valence-electron chi connectivity index (χ2n) is 3.54. The van der Waals surface area contributed by atoms with Crippen LogP contribution in [-0.4, -0.2) is 24.2 Å². The van der Waals surface area contributed by atoms with Crippen LogP contribution in [0.3, 0.4) is 0 Å². The minimum Gasteiger partial charge on any atom is -0.496 e. The highest BCUT2D eigenvalue weighted by atomic mass is 35.5. The Balaban J connectivity index is 2.31. The lowest BCUT2D eigenvalue weighted by atomic mass is 10.3. The number of nitrogens with two attached hydrogens (primary N) is 1. The number of hydrogen-bond donors (Lipinski definition) is 1. The summed E-state index contributed by atoms with van der Waals surface area (Å²) in [6, 6.07) is 6.57. The van der Waals surface area contributed by atoms with Crippen molar-refractivity contribution in [2.75, 3.05) is 20.0 Å². The molecule has 0 amide bonds.